The lowest BCUT2D eigenvalue weighted by Crippen LogP contribution is -2.47. The maximum absolute atomic E-state index is 10.9. The number of nitro benzene ring substituents is 1. The monoisotopic (exact) mass is 429 g/mol. The first-order chi connectivity index (χ1) is 14.1. The predicted molar refractivity (Wildman–Crippen MR) is 125 cm³/mol. The normalized spacial score (nSPS) is 11.3. The van der Waals surface area contributed by atoms with Crippen molar-refractivity contribution in [3.63, 3.8) is 0 Å². The number of ether oxygens (including phenoxy) is 1. The Morgan fingerprint density at radius 1 is 1.00 bits per heavy atom. The first kappa shape index (κ1) is 25.9. The van der Waals surface area contributed by atoms with Crippen molar-refractivity contribution >= 4 is 14.0 Å². The van der Waals surface area contributed by atoms with E-state index in [-0.39, 0.29) is 18.9 Å². The second-order valence-corrected chi connectivity index (χ2v) is 13.9. The van der Waals surface area contributed by atoms with E-state index in [1.54, 1.807) is 6.07 Å². The maximum Gasteiger partial charge on any atom is 0.270 e. The Morgan fingerprint density at radius 2 is 1.60 bits per heavy atom. The van der Waals surface area contributed by atoms with E-state index in [2.05, 4.69) is 65.2 Å². The van der Waals surface area contributed by atoms with E-state index >= 15 is 0 Å². The molecule has 1 rings (SSSR count). The Hall–Kier alpha value is -2.12. The summed E-state index contributed by atoms with van der Waals surface area (Å²) in [5.41, 5.74) is 3.38. The minimum absolute atomic E-state index is 0.0762. The van der Waals surface area contributed by atoms with Gasteiger partial charge in [-0.25, -0.2) is 0 Å². The van der Waals surface area contributed by atoms with Gasteiger partial charge in [-0.3, -0.25) is 10.1 Å². The molecule has 164 valence electrons. The van der Waals surface area contributed by atoms with Crippen molar-refractivity contribution in [1.29, 1.82) is 0 Å². The molecule has 0 bridgehead atoms. The molecule has 0 radical (unpaired) electrons. The summed E-state index contributed by atoms with van der Waals surface area (Å²) < 4.78 is 11.9. The maximum atomic E-state index is 10.9. The molecule has 6 heteroatoms. The van der Waals surface area contributed by atoms with Crippen LogP contribution in [0.2, 0.25) is 16.6 Å². The van der Waals surface area contributed by atoms with E-state index < -0.39 is 13.2 Å². The molecule has 1 aromatic rings. The van der Waals surface area contributed by atoms with E-state index in [0.29, 0.717) is 29.7 Å². The Labute approximate surface area is 182 Å². The molecule has 0 aliphatic heterocycles. The molecular formula is C24H35NO4Si. The lowest BCUT2D eigenvalue weighted by Gasteiger charge is -2.42. The van der Waals surface area contributed by atoms with Crippen molar-refractivity contribution in [2.24, 2.45) is 0 Å². The van der Waals surface area contributed by atoms with Crippen LogP contribution in [0.15, 0.2) is 18.2 Å². The second kappa shape index (κ2) is 12.5. The second-order valence-electron chi connectivity index (χ2n) is 8.45. The van der Waals surface area contributed by atoms with E-state index in [4.69, 9.17) is 9.16 Å². The molecule has 0 aliphatic rings. The van der Waals surface area contributed by atoms with E-state index in [9.17, 15) is 10.1 Å². The molecule has 5 nitrogen and oxygen atoms in total. The minimum Gasteiger partial charge on any atom is -0.415 e. The van der Waals surface area contributed by atoms with Gasteiger partial charge in [0, 0.05) is 25.2 Å². The number of rotatable bonds is 10. The largest absolute Gasteiger partial charge is 0.415 e. The van der Waals surface area contributed by atoms with Crippen LogP contribution in [0, 0.1) is 40.7 Å². The van der Waals surface area contributed by atoms with Gasteiger partial charge >= 0.3 is 0 Å². The van der Waals surface area contributed by atoms with Gasteiger partial charge in [-0.1, -0.05) is 59.4 Å². The van der Waals surface area contributed by atoms with Gasteiger partial charge in [-0.05, 0) is 46.5 Å². The number of nitrogens with zero attached hydrogens (tertiary/aromatic N) is 1. The van der Waals surface area contributed by atoms with Gasteiger partial charge in [0.05, 0.1) is 11.5 Å². The smallest absolute Gasteiger partial charge is 0.270 e. The van der Waals surface area contributed by atoms with Crippen LogP contribution >= 0.6 is 0 Å². The molecule has 1 aromatic carbocycles. The van der Waals surface area contributed by atoms with Crippen LogP contribution in [0.1, 0.15) is 59.1 Å². The zero-order valence-electron chi connectivity index (χ0n) is 19.4. The van der Waals surface area contributed by atoms with Crippen molar-refractivity contribution in [3.8, 4) is 23.7 Å². The molecule has 0 saturated carbocycles. The van der Waals surface area contributed by atoms with Crippen molar-refractivity contribution in [3.05, 3.63) is 39.4 Å². The Bertz CT molecular complexity index is 803. The topological polar surface area (TPSA) is 61.6 Å². The molecule has 0 amide bonds. The van der Waals surface area contributed by atoms with E-state index in [1.165, 1.54) is 6.07 Å². The van der Waals surface area contributed by atoms with Crippen molar-refractivity contribution in [2.75, 3.05) is 13.2 Å². The summed E-state index contributed by atoms with van der Waals surface area (Å²) in [5.74, 6) is 11.5. The Morgan fingerprint density at radius 3 is 2.17 bits per heavy atom. The molecule has 0 N–H and O–H groups in total. The fourth-order valence-corrected chi connectivity index (χ4v) is 9.67. The highest BCUT2D eigenvalue weighted by atomic mass is 28.4. The number of benzene rings is 1. The van der Waals surface area contributed by atoms with Crippen molar-refractivity contribution in [1.82, 2.24) is 0 Å². The van der Waals surface area contributed by atoms with Crippen LogP contribution in [0.25, 0.3) is 0 Å². The highest BCUT2D eigenvalue weighted by molar-refractivity contribution is 6.77. The Balaban J connectivity index is 2.44. The summed E-state index contributed by atoms with van der Waals surface area (Å²) in [6.07, 6.45) is 0.670. The van der Waals surface area contributed by atoms with Crippen LogP contribution in [-0.4, -0.2) is 26.5 Å². The summed E-state index contributed by atoms with van der Waals surface area (Å²) >= 11 is 0. The van der Waals surface area contributed by atoms with E-state index in [0.717, 1.165) is 11.1 Å². The third-order valence-corrected chi connectivity index (χ3v) is 11.4. The average Bonchev–Trinajstić information content (AvgIpc) is 2.64. The van der Waals surface area contributed by atoms with Gasteiger partial charge < -0.3 is 9.16 Å². The van der Waals surface area contributed by atoms with Gasteiger partial charge in [0.25, 0.3) is 5.69 Å². The minimum atomic E-state index is -1.83. The molecule has 0 heterocycles. The summed E-state index contributed by atoms with van der Waals surface area (Å²) in [5, 5.41) is 10.9. The average molecular weight is 430 g/mol. The van der Waals surface area contributed by atoms with Gasteiger partial charge in [-0.2, -0.15) is 0 Å². The van der Waals surface area contributed by atoms with Crippen LogP contribution in [0.3, 0.4) is 0 Å². The number of hydrogen-bond donors (Lipinski definition) is 0. The van der Waals surface area contributed by atoms with Crippen molar-refractivity contribution < 1.29 is 14.1 Å². The highest BCUT2D eigenvalue weighted by Crippen LogP contribution is 2.42. The molecule has 0 atom stereocenters. The molecule has 30 heavy (non-hydrogen) atoms. The SMILES string of the molecule is Cc1cc(COCC#CC#CCCO[Si](C(C)C)(C(C)C)C(C)C)cc([N+](=O)[O-])c1. The molecule has 0 aliphatic carbocycles. The van der Waals surface area contributed by atoms with E-state index in [1.807, 2.05) is 13.0 Å². The lowest BCUT2D eigenvalue weighted by molar-refractivity contribution is -0.385. The molecular weight excluding hydrogens is 394 g/mol. The summed E-state index contributed by atoms with van der Waals surface area (Å²) in [7, 11) is -1.83. The molecule has 0 aromatic heterocycles. The van der Waals surface area contributed by atoms with Crippen molar-refractivity contribution in [2.45, 2.75) is 78.1 Å². The number of non-ortho nitro benzene ring substituents is 1. The molecule has 0 unspecified atom stereocenters. The highest BCUT2D eigenvalue weighted by Gasteiger charge is 2.44. The summed E-state index contributed by atoms with van der Waals surface area (Å²) in [6.45, 7) is 16.6. The summed E-state index contributed by atoms with van der Waals surface area (Å²) in [6, 6.07) is 4.93. The van der Waals surface area contributed by atoms with Gasteiger partial charge in [-0.15, -0.1) is 0 Å². The molecule has 0 saturated heterocycles. The lowest BCUT2D eigenvalue weighted by atomic mass is 10.1. The van der Waals surface area contributed by atoms with Gasteiger partial charge in [0.2, 0.25) is 0 Å². The Kier molecular flexibility index (Phi) is 10.8. The molecule has 0 fully saturated rings. The number of nitro groups is 1. The summed E-state index contributed by atoms with van der Waals surface area (Å²) in [4.78, 5) is 10.5. The zero-order chi connectivity index (χ0) is 22.7. The quantitative estimate of drug-likeness (QED) is 0.150. The fraction of sp³-hybridized carbons (Fsp3) is 0.583. The zero-order valence-corrected chi connectivity index (χ0v) is 20.4. The standard InChI is InChI=1S/C24H35NO4Si/c1-19(2)30(20(3)4,21(5)6)29-14-12-10-8-9-11-13-28-18-23-15-22(7)16-24(17-23)25(26)27/h15-17,19-21H,12-14,18H2,1-7H3. The van der Waals surface area contributed by atoms with Gasteiger partial charge in [0.1, 0.15) is 6.61 Å². The first-order valence-corrected chi connectivity index (χ1v) is 12.7. The molecule has 0 spiro atoms. The van der Waals surface area contributed by atoms with Crippen LogP contribution in [0.4, 0.5) is 5.69 Å². The van der Waals surface area contributed by atoms with Crippen LogP contribution < -0.4 is 0 Å². The third kappa shape index (κ3) is 7.61. The van der Waals surface area contributed by atoms with Crippen LogP contribution in [0.5, 0.6) is 0 Å². The number of hydrogen-bond acceptors (Lipinski definition) is 4. The predicted octanol–water partition coefficient (Wildman–Crippen LogP) is 6.01. The first-order valence-electron chi connectivity index (χ1n) is 10.5. The fourth-order valence-electron chi connectivity index (χ4n) is 4.22. The third-order valence-electron chi connectivity index (χ3n) is 5.30. The van der Waals surface area contributed by atoms with Crippen LogP contribution in [-0.2, 0) is 15.8 Å². The van der Waals surface area contributed by atoms with Gasteiger partial charge in [0.15, 0.2) is 8.32 Å². The number of aryl methyl sites for hydroxylation is 1.